The van der Waals surface area contributed by atoms with Crippen molar-refractivity contribution in [1.82, 2.24) is 4.90 Å². The van der Waals surface area contributed by atoms with E-state index in [-0.39, 0.29) is 22.5 Å². The molecular weight excluding hydrogens is 308 g/mol. The lowest BCUT2D eigenvalue weighted by atomic mass is 9.75. The lowest BCUT2D eigenvalue weighted by Crippen LogP contribution is -2.68. The van der Waals surface area contributed by atoms with E-state index in [1.807, 2.05) is 6.92 Å². The number of rotatable bonds is 3. The predicted octanol–water partition coefficient (Wildman–Crippen LogP) is 2.48. The van der Waals surface area contributed by atoms with E-state index >= 15 is 0 Å². The van der Waals surface area contributed by atoms with Crippen LogP contribution in [0.1, 0.15) is 54.4 Å². The number of esters is 1. The number of carbonyl (C=O) groups excluding carboxylic acids is 1. The predicted molar refractivity (Wildman–Crippen MR) is 89.1 cm³/mol. The molecule has 0 radical (unpaired) electrons. The summed E-state index contributed by atoms with van der Waals surface area (Å²) in [4.78, 5) is 13.3. The van der Waals surface area contributed by atoms with Crippen LogP contribution in [0.4, 0.5) is 0 Å². The van der Waals surface area contributed by atoms with Gasteiger partial charge in [0, 0.05) is 36.3 Å². The maximum absolute atomic E-state index is 11.1. The fourth-order valence-electron chi connectivity index (χ4n) is 4.15. The van der Waals surface area contributed by atoms with Crippen LogP contribution in [0.2, 0.25) is 0 Å². The fourth-order valence-corrected chi connectivity index (χ4v) is 4.15. The van der Waals surface area contributed by atoms with Gasteiger partial charge in [0.1, 0.15) is 6.61 Å². The zero-order chi connectivity index (χ0) is 18.2. The van der Waals surface area contributed by atoms with Gasteiger partial charge in [-0.25, -0.2) is 0 Å². The van der Waals surface area contributed by atoms with Crippen molar-refractivity contribution in [2.75, 3.05) is 26.4 Å². The van der Waals surface area contributed by atoms with E-state index in [1.54, 1.807) is 0 Å². The van der Waals surface area contributed by atoms with Crippen LogP contribution in [-0.2, 0) is 19.0 Å². The summed E-state index contributed by atoms with van der Waals surface area (Å²) in [5, 5.41) is 9.16. The van der Waals surface area contributed by atoms with Gasteiger partial charge in [0.05, 0.1) is 25.8 Å². The summed E-state index contributed by atoms with van der Waals surface area (Å²) in [6.07, 6.45) is 1.41. The van der Waals surface area contributed by atoms with E-state index < -0.39 is 5.79 Å². The maximum atomic E-state index is 11.1. The van der Waals surface area contributed by atoms with Crippen molar-refractivity contribution in [3.05, 3.63) is 0 Å². The first-order valence-corrected chi connectivity index (χ1v) is 8.50. The topological polar surface area (TPSA) is 71.8 Å². The van der Waals surface area contributed by atoms with Gasteiger partial charge in [0.15, 0.2) is 5.79 Å². The molecule has 0 aliphatic carbocycles. The number of hydrogen-bond acceptors (Lipinski definition) is 6. The number of ether oxygens (including phenoxy) is 3. The second-order valence-electron chi connectivity index (χ2n) is 8.80. The first-order chi connectivity index (χ1) is 10.9. The molecule has 0 amide bonds. The van der Waals surface area contributed by atoms with Gasteiger partial charge in [-0.05, 0) is 27.7 Å². The van der Waals surface area contributed by atoms with Gasteiger partial charge in [-0.3, -0.25) is 9.69 Å². The van der Waals surface area contributed by atoms with Crippen LogP contribution < -0.4 is 0 Å². The summed E-state index contributed by atoms with van der Waals surface area (Å²) in [5.74, 6) is -0.932. The first kappa shape index (κ1) is 19.2. The third-order valence-corrected chi connectivity index (χ3v) is 5.09. The van der Waals surface area contributed by atoms with Crippen LogP contribution in [-0.4, -0.2) is 54.1 Å². The van der Waals surface area contributed by atoms with Gasteiger partial charge in [0.2, 0.25) is 0 Å². The Balaban J connectivity index is 2.11. The lowest BCUT2D eigenvalue weighted by molar-refractivity contribution is -0.342. The lowest BCUT2D eigenvalue weighted by Gasteiger charge is -2.60. The molecule has 6 heteroatoms. The average Bonchev–Trinajstić information content (AvgIpc) is 2.44. The molecule has 0 aromatic heterocycles. The molecule has 2 aliphatic heterocycles. The van der Waals surface area contributed by atoms with Gasteiger partial charge in [-0.2, -0.15) is 5.26 Å². The van der Waals surface area contributed by atoms with Crippen molar-refractivity contribution >= 4 is 5.97 Å². The van der Waals surface area contributed by atoms with Crippen molar-refractivity contribution in [2.45, 2.75) is 71.2 Å². The molecule has 1 spiro atoms. The minimum absolute atomic E-state index is 0.207. The maximum Gasteiger partial charge on any atom is 0.302 e. The van der Waals surface area contributed by atoms with Gasteiger partial charge in [-0.15, -0.1) is 0 Å². The molecule has 0 bridgehead atoms. The molecule has 2 heterocycles. The van der Waals surface area contributed by atoms with Gasteiger partial charge in [0.25, 0.3) is 0 Å². The highest BCUT2D eigenvalue weighted by molar-refractivity contribution is 5.65. The SMILES string of the molecule is CC(=O)OCC1(C)COC2(CC(C)(C)N(CC#N)C(C)(C)C2)OC1. The van der Waals surface area contributed by atoms with Crippen molar-refractivity contribution in [2.24, 2.45) is 5.41 Å². The molecule has 2 aliphatic rings. The fraction of sp³-hybridized carbons (Fsp3) is 0.889. The van der Waals surface area contributed by atoms with Crippen LogP contribution >= 0.6 is 0 Å². The smallest absolute Gasteiger partial charge is 0.302 e. The molecule has 0 aromatic rings. The second kappa shape index (κ2) is 6.29. The van der Waals surface area contributed by atoms with Crippen LogP contribution in [0.15, 0.2) is 0 Å². The van der Waals surface area contributed by atoms with Crippen molar-refractivity contribution < 1.29 is 19.0 Å². The Morgan fingerprint density at radius 2 is 1.62 bits per heavy atom. The van der Waals surface area contributed by atoms with E-state index in [9.17, 15) is 4.79 Å². The second-order valence-corrected chi connectivity index (χ2v) is 8.80. The molecule has 136 valence electrons. The molecule has 24 heavy (non-hydrogen) atoms. The third kappa shape index (κ3) is 3.90. The van der Waals surface area contributed by atoms with Crippen molar-refractivity contribution in [3.8, 4) is 6.07 Å². The standard InChI is InChI=1S/C18H30N2O4/c1-14(21)22-11-17(6)12-23-18(24-13-17)9-15(2,3)20(8-7-19)16(4,5)10-18/h8-13H2,1-6H3. The Labute approximate surface area is 145 Å². The monoisotopic (exact) mass is 338 g/mol. The third-order valence-electron chi connectivity index (χ3n) is 5.09. The number of carbonyl (C=O) groups is 1. The van der Waals surface area contributed by atoms with E-state index in [0.29, 0.717) is 39.2 Å². The molecule has 0 atom stereocenters. The molecule has 0 aromatic carbocycles. The molecule has 0 N–H and O–H groups in total. The molecule has 0 unspecified atom stereocenters. The van der Waals surface area contributed by atoms with Crippen molar-refractivity contribution in [1.29, 1.82) is 5.26 Å². The van der Waals surface area contributed by atoms with E-state index in [1.165, 1.54) is 6.92 Å². The molecule has 6 nitrogen and oxygen atoms in total. The Bertz CT molecular complexity index is 508. The Hall–Kier alpha value is -1.16. The zero-order valence-electron chi connectivity index (χ0n) is 15.8. The van der Waals surface area contributed by atoms with Gasteiger partial charge >= 0.3 is 5.97 Å². The molecule has 2 rings (SSSR count). The number of nitrogens with zero attached hydrogens (tertiary/aromatic N) is 2. The highest BCUT2D eigenvalue weighted by Crippen LogP contribution is 2.48. The Morgan fingerprint density at radius 1 is 1.12 bits per heavy atom. The van der Waals surface area contributed by atoms with Gasteiger partial charge in [-0.1, -0.05) is 6.92 Å². The normalized spacial score (nSPS) is 27.4. The Morgan fingerprint density at radius 3 is 2.04 bits per heavy atom. The summed E-state index contributed by atoms with van der Waals surface area (Å²) in [5.41, 5.74) is -0.739. The first-order valence-electron chi connectivity index (χ1n) is 8.50. The summed E-state index contributed by atoms with van der Waals surface area (Å²) in [6, 6.07) is 2.28. The molecular formula is C18H30N2O4. The highest BCUT2D eigenvalue weighted by Gasteiger charge is 2.56. The summed E-state index contributed by atoms with van der Waals surface area (Å²) in [7, 11) is 0. The van der Waals surface area contributed by atoms with Crippen LogP contribution in [0.3, 0.4) is 0 Å². The minimum atomic E-state index is -0.644. The summed E-state index contributed by atoms with van der Waals surface area (Å²) in [6.45, 7) is 13.6. The van der Waals surface area contributed by atoms with E-state index in [2.05, 4.69) is 38.7 Å². The molecule has 2 fully saturated rings. The largest absolute Gasteiger partial charge is 0.465 e. The number of piperidine rings is 1. The van der Waals surface area contributed by atoms with Crippen LogP contribution in [0.25, 0.3) is 0 Å². The Kier molecular flexibility index (Phi) is 5.02. The molecule has 2 saturated heterocycles. The molecule has 0 saturated carbocycles. The van der Waals surface area contributed by atoms with E-state index in [0.717, 1.165) is 0 Å². The van der Waals surface area contributed by atoms with Gasteiger partial charge < -0.3 is 14.2 Å². The zero-order valence-corrected chi connectivity index (χ0v) is 15.8. The summed E-state index contributed by atoms with van der Waals surface area (Å²) < 4.78 is 17.6. The average molecular weight is 338 g/mol. The van der Waals surface area contributed by atoms with Crippen LogP contribution in [0.5, 0.6) is 0 Å². The number of nitriles is 1. The highest BCUT2D eigenvalue weighted by atomic mass is 16.7. The number of likely N-dealkylation sites (tertiary alicyclic amines) is 1. The summed E-state index contributed by atoms with van der Waals surface area (Å²) >= 11 is 0. The quantitative estimate of drug-likeness (QED) is 0.581. The minimum Gasteiger partial charge on any atom is -0.465 e. The van der Waals surface area contributed by atoms with Crippen LogP contribution in [0, 0.1) is 16.7 Å². The van der Waals surface area contributed by atoms with Crippen molar-refractivity contribution in [3.63, 3.8) is 0 Å². The van der Waals surface area contributed by atoms with E-state index in [4.69, 9.17) is 19.5 Å². The number of hydrogen-bond donors (Lipinski definition) is 0.